The normalized spacial score (nSPS) is 10.7. The summed E-state index contributed by atoms with van der Waals surface area (Å²) >= 11 is 0. The van der Waals surface area contributed by atoms with Crippen molar-refractivity contribution >= 4 is 27.5 Å². The van der Waals surface area contributed by atoms with Gasteiger partial charge in [-0.25, -0.2) is 4.79 Å². The Bertz CT molecular complexity index is 868. The smallest absolute Gasteiger partial charge is 0.338 e. The average Bonchev–Trinajstić information content (AvgIpc) is 2.59. The SMILES string of the molecule is COC(=O)c1cc2cc(OC)c(OC)cc2c2ccccc12. The first kappa shape index (κ1) is 14.2. The molecule has 4 heteroatoms. The summed E-state index contributed by atoms with van der Waals surface area (Å²) in [5.74, 6) is 0.931. The molecule has 0 unspecified atom stereocenters. The van der Waals surface area contributed by atoms with E-state index in [4.69, 9.17) is 14.2 Å². The van der Waals surface area contributed by atoms with Gasteiger partial charge in [0.15, 0.2) is 11.5 Å². The summed E-state index contributed by atoms with van der Waals surface area (Å²) in [6.07, 6.45) is 0. The number of benzene rings is 3. The van der Waals surface area contributed by atoms with Crippen LogP contribution in [0.1, 0.15) is 10.4 Å². The van der Waals surface area contributed by atoms with Crippen LogP contribution < -0.4 is 9.47 Å². The van der Waals surface area contributed by atoms with Crippen molar-refractivity contribution in [1.29, 1.82) is 0 Å². The Morgan fingerprint density at radius 2 is 1.45 bits per heavy atom. The second kappa shape index (κ2) is 5.56. The van der Waals surface area contributed by atoms with E-state index in [2.05, 4.69) is 0 Å². The van der Waals surface area contributed by atoms with Gasteiger partial charge in [0.2, 0.25) is 0 Å². The molecule has 3 aromatic rings. The van der Waals surface area contributed by atoms with Crippen LogP contribution in [-0.4, -0.2) is 27.3 Å². The molecule has 0 aromatic heterocycles. The molecule has 0 amide bonds. The van der Waals surface area contributed by atoms with Crippen LogP contribution in [0.5, 0.6) is 11.5 Å². The Kier molecular flexibility index (Phi) is 3.59. The zero-order chi connectivity index (χ0) is 15.7. The lowest BCUT2D eigenvalue weighted by Crippen LogP contribution is -2.02. The molecule has 3 aromatic carbocycles. The minimum Gasteiger partial charge on any atom is -0.493 e. The molecule has 112 valence electrons. The molecular formula is C18H16O4. The summed E-state index contributed by atoms with van der Waals surface area (Å²) in [5.41, 5.74) is 0.540. The molecule has 0 bridgehead atoms. The molecule has 22 heavy (non-hydrogen) atoms. The lowest BCUT2D eigenvalue weighted by molar-refractivity contribution is 0.0603. The van der Waals surface area contributed by atoms with Crippen LogP contribution in [0.15, 0.2) is 42.5 Å². The van der Waals surface area contributed by atoms with Crippen molar-refractivity contribution in [1.82, 2.24) is 0 Å². The minimum atomic E-state index is -0.354. The zero-order valence-electron chi connectivity index (χ0n) is 12.7. The van der Waals surface area contributed by atoms with Crippen molar-refractivity contribution in [2.45, 2.75) is 0 Å². The first-order valence-corrected chi connectivity index (χ1v) is 6.85. The number of rotatable bonds is 3. The third kappa shape index (κ3) is 2.13. The van der Waals surface area contributed by atoms with E-state index in [1.165, 1.54) is 7.11 Å². The van der Waals surface area contributed by atoms with Crippen LogP contribution in [0.2, 0.25) is 0 Å². The third-order valence-corrected chi connectivity index (χ3v) is 3.77. The van der Waals surface area contributed by atoms with Crippen LogP contribution in [0.3, 0.4) is 0 Å². The molecule has 0 saturated carbocycles. The van der Waals surface area contributed by atoms with Crippen molar-refractivity contribution in [2.75, 3.05) is 21.3 Å². The van der Waals surface area contributed by atoms with Gasteiger partial charge < -0.3 is 14.2 Å². The predicted molar refractivity (Wildman–Crippen MR) is 85.9 cm³/mol. The first-order chi connectivity index (χ1) is 10.7. The van der Waals surface area contributed by atoms with Crippen LogP contribution >= 0.6 is 0 Å². The summed E-state index contributed by atoms with van der Waals surface area (Å²) < 4.78 is 15.6. The number of hydrogen-bond donors (Lipinski definition) is 0. The number of methoxy groups -OCH3 is 3. The van der Waals surface area contributed by atoms with Crippen molar-refractivity contribution in [3.8, 4) is 11.5 Å². The van der Waals surface area contributed by atoms with Gasteiger partial charge in [-0.3, -0.25) is 0 Å². The zero-order valence-corrected chi connectivity index (χ0v) is 12.7. The number of carbonyl (C=O) groups excluding carboxylic acids is 1. The van der Waals surface area contributed by atoms with E-state index in [-0.39, 0.29) is 5.97 Å². The quantitative estimate of drug-likeness (QED) is 0.545. The lowest BCUT2D eigenvalue weighted by atomic mass is 9.97. The molecule has 0 radical (unpaired) electrons. The molecule has 0 spiro atoms. The second-order valence-corrected chi connectivity index (χ2v) is 4.89. The fourth-order valence-electron chi connectivity index (χ4n) is 2.71. The van der Waals surface area contributed by atoms with Crippen LogP contribution in [0.25, 0.3) is 21.5 Å². The highest BCUT2D eigenvalue weighted by molar-refractivity contribution is 6.16. The third-order valence-electron chi connectivity index (χ3n) is 3.77. The molecule has 0 N–H and O–H groups in total. The fraction of sp³-hybridized carbons (Fsp3) is 0.167. The highest BCUT2D eigenvalue weighted by atomic mass is 16.5. The Morgan fingerprint density at radius 3 is 2.09 bits per heavy atom. The maximum absolute atomic E-state index is 12.1. The molecule has 0 atom stereocenters. The van der Waals surface area contributed by atoms with E-state index in [0.717, 1.165) is 21.5 Å². The summed E-state index contributed by atoms with van der Waals surface area (Å²) in [6, 6.07) is 13.4. The van der Waals surface area contributed by atoms with E-state index in [0.29, 0.717) is 17.1 Å². The molecule has 0 aliphatic rings. The van der Waals surface area contributed by atoms with Crippen molar-refractivity contribution < 1.29 is 19.0 Å². The van der Waals surface area contributed by atoms with Crippen molar-refractivity contribution in [3.05, 3.63) is 48.0 Å². The van der Waals surface area contributed by atoms with Gasteiger partial charge in [0.1, 0.15) is 0 Å². The van der Waals surface area contributed by atoms with Crippen molar-refractivity contribution in [3.63, 3.8) is 0 Å². The molecule has 4 nitrogen and oxygen atoms in total. The molecular weight excluding hydrogens is 280 g/mol. The summed E-state index contributed by atoms with van der Waals surface area (Å²) in [7, 11) is 4.58. The summed E-state index contributed by atoms with van der Waals surface area (Å²) in [6.45, 7) is 0. The minimum absolute atomic E-state index is 0.354. The average molecular weight is 296 g/mol. The van der Waals surface area contributed by atoms with E-state index in [1.54, 1.807) is 14.2 Å². The highest BCUT2D eigenvalue weighted by Crippen LogP contribution is 2.37. The standard InChI is InChI=1S/C18H16O4/c1-20-16-9-11-8-15(18(19)22-3)13-7-5-4-6-12(13)14(11)10-17(16)21-2/h4-10H,1-3H3. The topological polar surface area (TPSA) is 44.8 Å². The van der Waals surface area contributed by atoms with Crippen LogP contribution in [-0.2, 0) is 4.74 Å². The Labute approximate surface area is 128 Å². The number of esters is 1. The lowest BCUT2D eigenvalue weighted by Gasteiger charge is -2.13. The second-order valence-electron chi connectivity index (χ2n) is 4.89. The van der Waals surface area contributed by atoms with Gasteiger partial charge in [-0.15, -0.1) is 0 Å². The summed E-state index contributed by atoms with van der Waals surface area (Å²) in [4.78, 5) is 12.1. The monoisotopic (exact) mass is 296 g/mol. The molecule has 3 rings (SSSR count). The molecule has 0 aliphatic carbocycles. The Hall–Kier alpha value is -2.75. The summed E-state index contributed by atoms with van der Waals surface area (Å²) in [5, 5.41) is 3.73. The van der Waals surface area contributed by atoms with E-state index < -0.39 is 0 Å². The van der Waals surface area contributed by atoms with Gasteiger partial charge in [0, 0.05) is 0 Å². The molecule has 0 fully saturated rings. The van der Waals surface area contributed by atoms with Gasteiger partial charge in [-0.2, -0.15) is 0 Å². The van der Waals surface area contributed by atoms with Gasteiger partial charge >= 0.3 is 5.97 Å². The molecule has 0 aliphatic heterocycles. The number of hydrogen-bond acceptors (Lipinski definition) is 4. The highest BCUT2D eigenvalue weighted by Gasteiger charge is 2.15. The Balaban J connectivity index is 2.45. The largest absolute Gasteiger partial charge is 0.493 e. The van der Waals surface area contributed by atoms with E-state index >= 15 is 0 Å². The molecule has 0 heterocycles. The first-order valence-electron chi connectivity index (χ1n) is 6.85. The van der Waals surface area contributed by atoms with E-state index in [9.17, 15) is 4.79 Å². The fourth-order valence-corrected chi connectivity index (χ4v) is 2.71. The number of ether oxygens (including phenoxy) is 3. The van der Waals surface area contributed by atoms with Crippen molar-refractivity contribution in [2.24, 2.45) is 0 Å². The van der Waals surface area contributed by atoms with Gasteiger partial charge in [-0.1, -0.05) is 24.3 Å². The number of fused-ring (bicyclic) bond motifs is 3. The van der Waals surface area contributed by atoms with E-state index in [1.807, 2.05) is 42.5 Å². The predicted octanol–water partition coefficient (Wildman–Crippen LogP) is 3.80. The van der Waals surface area contributed by atoms with Gasteiger partial charge in [0.05, 0.1) is 26.9 Å². The van der Waals surface area contributed by atoms with Crippen LogP contribution in [0.4, 0.5) is 0 Å². The molecule has 0 saturated heterocycles. The van der Waals surface area contributed by atoms with Gasteiger partial charge in [0.25, 0.3) is 0 Å². The maximum Gasteiger partial charge on any atom is 0.338 e. The number of carbonyl (C=O) groups is 1. The maximum atomic E-state index is 12.1. The Morgan fingerprint density at radius 1 is 0.818 bits per heavy atom. The van der Waals surface area contributed by atoms with Crippen LogP contribution in [0, 0.1) is 0 Å². The van der Waals surface area contributed by atoms with Gasteiger partial charge in [-0.05, 0) is 39.7 Å².